The van der Waals surface area contributed by atoms with E-state index in [4.69, 9.17) is 11.6 Å². The van der Waals surface area contributed by atoms with Crippen LogP contribution in [0.3, 0.4) is 0 Å². The van der Waals surface area contributed by atoms with E-state index in [0.717, 1.165) is 5.56 Å². The summed E-state index contributed by atoms with van der Waals surface area (Å²) in [6, 6.07) is 7.26. The Morgan fingerprint density at radius 2 is 2.12 bits per heavy atom. The molecule has 1 heterocycles. The summed E-state index contributed by atoms with van der Waals surface area (Å²) in [4.78, 5) is 15.3. The minimum Gasteiger partial charge on any atom is -0.293 e. The van der Waals surface area contributed by atoms with Crippen molar-refractivity contribution >= 4 is 23.5 Å². The highest BCUT2D eigenvalue weighted by Gasteiger charge is 1.98. The van der Waals surface area contributed by atoms with Crippen molar-refractivity contribution in [2.24, 2.45) is 0 Å². The smallest absolute Gasteiger partial charge is 0.177 e. The Morgan fingerprint density at radius 3 is 2.76 bits per heavy atom. The number of hydrogen-bond acceptors (Lipinski definition) is 3. The molecular formula is C12H10ClN3O. The Morgan fingerprint density at radius 1 is 1.35 bits per heavy atom. The molecule has 0 saturated heterocycles. The molecule has 0 radical (unpaired) electrons. The SMILES string of the molecule is O=C(/C=C/c1ccc(Cl)cc1)Cn1cncn1. The van der Waals surface area contributed by atoms with E-state index in [0.29, 0.717) is 5.02 Å². The standard InChI is InChI=1S/C12H10ClN3O/c13-11-4-1-10(2-5-11)3-6-12(17)7-16-9-14-8-15-16/h1-6,8-9H,7H2/b6-3+. The van der Waals surface area contributed by atoms with Crippen LogP contribution in [0.15, 0.2) is 43.0 Å². The van der Waals surface area contributed by atoms with Crippen molar-refractivity contribution in [2.45, 2.75) is 6.54 Å². The molecule has 0 aliphatic carbocycles. The van der Waals surface area contributed by atoms with Crippen LogP contribution in [-0.2, 0) is 11.3 Å². The third kappa shape index (κ3) is 3.53. The zero-order valence-corrected chi connectivity index (χ0v) is 9.71. The van der Waals surface area contributed by atoms with Gasteiger partial charge in [0.15, 0.2) is 5.78 Å². The van der Waals surface area contributed by atoms with Gasteiger partial charge < -0.3 is 0 Å². The van der Waals surface area contributed by atoms with E-state index < -0.39 is 0 Å². The first kappa shape index (κ1) is 11.5. The number of benzene rings is 1. The maximum absolute atomic E-state index is 11.5. The number of rotatable bonds is 4. The van der Waals surface area contributed by atoms with Crippen LogP contribution in [-0.4, -0.2) is 20.5 Å². The summed E-state index contributed by atoms with van der Waals surface area (Å²) >= 11 is 5.76. The molecule has 2 rings (SSSR count). The average molecular weight is 248 g/mol. The summed E-state index contributed by atoms with van der Waals surface area (Å²) in [5, 5.41) is 4.53. The van der Waals surface area contributed by atoms with Crippen molar-refractivity contribution in [1.82, 2.24) is 14.8 Å². The molecule has 17 heavy (non-hydrogen) atoms. The van der Waals surface area contributed by atoms with Crippen LogP contribution in [0.25, 0.3) is 6.08 Å². The molecule has 0 aliphatic rings. The predicted molar refractivity (Wildman–Crippen MR) is 65.5 cm³/mol. The van der Waals surface area contributed by atoms with Crippen LogP contribution >= 0.6 is 11.6 Å². The van der Waals surface area contributed by atoms with Crippen LogP contribution < -0.4 is 0 Å². The minimum absolute atomic E-state index is 0.0366. The zero-order valence-electron chi connectivity index (χ0n) is 8.95. The van der Waals surface area contributed by atoms with Crippen molar-refractivity contribution in [3.63, 3.8) is 0 Å². The molecule has 5 heteroatoms. The molecular weight excluding hydrogens is 238 g/mol. The van der Waals surface area contributed by atoms with Crippen LogP contribution in [0.4, 0.5) is 0 Å². The molecule has 0 atom stereocenters. The molecule has 0 fully saturated rings. The summed E-state index contributed by atoms with van der Waals surface area (Å²) in [6.45, 7) is 0.199. The highest BCUT2D eigenvalue weighted by Crippen LogP contribution is 2.10. The summed E-state index contributed by atoms with van der Waals surface area (Å²) in [7, 11) is 0. The van der Waals surface area contributed by atoms with Gasteiger partial charge in [-0.3, -0.25) is 4.79 Å². The van der Waals surface area contributed by atoms with E-state index in [2.05, 4.69) is 10.1 Å². The maximum atomic E-state index is 11.5. The van der Waals surface area contributed by atoms with Gasteiger partial charge in [-0.15, -0.1) is 0 Å². The third-order valence-electron chi connectivity index (χ3n) is 2.12. The van der Waals surface area contributed by atoms with Gasteiger partial charge in [0.25, 0.3) is 0 Å². The fourth-order valence-electron chi connectivity index (χ4n) is 1.29. The zero-order chi connectivity index (χ0) is 12.1. The minimum atomic E-state index is -0.0366. The largest absolute Gasteiger partial charge is 0.293 e. The molecule has 0 saturated carbocycles. The molecule has 1 aromatic carbocycles. The first-order valence-electron chi connectivity index (χ1n) is 5.03. The second-order valence-corrected chi connectivity index (χ2v) is 3.88. The average Bonchev–Trinajstić information content (AvgIpc) is 2.81. The van der Waals surface area contributed by atoms with Crippen LogP contribution in [0.2, 0.25) is 5.02 Å². The van der Waals surface area contributed by atoms with Gasteiger partial charge in [0.05, 0.1) is 0 Å². The van der Waals surface area contributed by atoms with Crippen LogP contribution in [0, 0.1) is 0 Å². The normalized spacial score (nSPS) is 10.9. The number of halogens is 1. The highest BCUT2D eigenvalue weighted by molar-refractivity contribution is 6.30. The second-order valence-electron chi connectivity index (χ2n) is 3.44. The molecule has 0 spiro atoms. The topological polar surface area (TPSA) is 47.8 Å². The first-order chi connectivity index (χ1) is 8.24. The van der Waals surface area contributed by atoms with Gasteiger partial charge >= 0.3 is 0 Å². The number of nitrogens with zero attached hydrogens (tertiary/aromatic N) is 3. The lowest BCUT2D eigenvalue weighted by Gasteiger charge is -1.95. The molecule has 0 N–H and O–H groups in total. The number of carbonyl (C=O) groups excluding carboxylic acids is 1. The van der Waals surface area contributed by atoms with Gasteiger partial charge in [0.2, 0.25) is 0 Å². The van der Waals surface area contributed by atoms with Gasteiger partial charge in [0.1, 0.15) is 19.2 Å². The fraction of sp³-hybridized carbons (Fsp3) is 0.0833. The van der Waals surface area contributed by atoms with E-state index in [1.54, 1.807) is 18.2 Å². The van der Waals surface area contributed by atoms with E-state index in [1.807, 2.05) is 12.1 Å². The summed E-state index contributed by atoms with van der Waals surface area (Å²) in [6.07, 6.45) is 6.17. The molecule has 0 bridgehead atoms. The summed E-state index contributed by atoms with van der Waals surface area (Å²) in [5.41, 5.74) is 0.932. The van der Waals surface area contributed by atoms with Gasteiger partial charge in [-0.2, -0.15) is 5.10 Å². The second kappa shape index (κ2) is 5.41. The van der Waals surface area contributed by atoms with Crippen molar-refractivity contribution in [3.05, 3.63) is 53.6 Å². The van der Waals surface area contributed by atoms with E-state index >= 15 is 0 Å². The van der Waals surface area contributed by atoms with E-state index in [-0.39, 0.29) is 12.3 Å². The lowest BCUT2D eigenvalue weighted by molar-refractivity contribution is -0.115. The van der Waals surface area contributed by atoms with E-state index in [1.165, 1.54) is 23.4 Å². The Balaban J connectivity index is 1.96. The Hall–Kier alpha value is -1.94. The van der Waals surface area contributed by atoms with Gasteiger partial charge in [-0.05, 0) is 23.8 Å². The number of aromatic nitrogens is 3. The highest BCUT2D eigenvalue weighted by atomic mass is 35.5. The Bertz CT molecular complexity index is 517. The van der Waals surface area contributed by atoms with E-state index in [9.17, 15) is 4.79 Å². The van der Waals surface area contributed by atoms with Crippen LogP contribution in [0.1, 0.15) is 5.56 Å². The molecule has 4 nitrogen and oxygen atoms in total. The van der Waals surface area contributed by atoms with Crippen molar-refractivity contribution in [2.75, 3.05) is 0 Å². The van der Waals surface area contributed by atoms with Crippen molar-refractivity contribution in [1.29, 1.82) is 0 Å². The van der Waals surface area contributed by atoms with Gasteiger partial charge in [-0.1, -0.05) is 29.8 Å². The molecule has 86 valence electrons. The Labute approximate surface area is 104 Å². The van der Waals surface area contributed by atoms with Crippen molar-refractivity contribution in [3.8, 4) is 0 Å². The lowest BCUT2D eigenvalue weighted by atomic mass is 10.2. The molecule has 1 aromatic heterocycles. The maximum Gasteiger partial charge on any atom is 0.177 e. The summed E-state index contributed by atoms with van der Waals surface area (Å²) < 4.78 is 1.48. The third-order valence-corrected chi connectivity index (χ3v) is 2.37. The number of carbonyl (C=O) groups is 1. The molecule has 0 amide bonds. The number of allylic oxidation sites excluding steroid dienone is 1. The lowest BCUT2D eigenvalue weighted by Crippen LogP contribution is -2.07. The summed E-state index contributed by atoms with van der Waals surface area (Å²) in [5.74, 6) is -0.0366. The monoisotopic (exact) mass is 247 g/mol. The predicted octanol–water partition coefficient (Wildman–Crippen LogP) is 2.21. The molecule has 2 aromatic rings. The number of ketones is 1. The molecule has 0 unspecified atom stereocenters. The van der Waals surface area contributed by atoms with Crippen molar-refractivity contribution < 1.29 is 4.79 Å². The Kier molecular flexibility index (Phi) is 3.67. The van der Waals surface area contributed by atoms with Gasteiger partial charge in [0, 0.05) is 5.02 Å². The number of hydrogen-bond donors (Lipinski definition) is 0. The van der Waals surface area contributed by atoms with Gasteiger partial charge in [-0.25, -0.2) is 9.67 Å². The quantitative estimate of drug-likeness (QED) is 0.779. The first-order valence-corrected chi connectivity index (χ1v) is 5.41. The van der Waals surface area contributed by atoms with Crippen LogP contribution in [0.5, 0.6) is 0 Å². The fourth-order valence-corrected chi connectivity index (χ4v) is 1.42. The molecule has 0 aliphatic heterocycles.